The van der Waals surface area contributed by atoms with Gasteiger partial charge < -0.3 is 18.9 Å². The number of aromatic nitrogens is 1. The zero-order chi connectivity index (χ0) is 33.0. The summed E-state index contributed by atoms with van der Waals surface area (Å²) in [6, 6.07) is 19.5. The molecule has 11 heteroatoms. The topological polar surface area (TPSA) is 112 Å². The molecule has 0 aliphatic carbocycles. The molecule has 1 aliphatic heterocycles. The molecule has 236 valence electrons. The predicted octanol–water partition coefficient (Wildman–Crippen LogP) is 5.81. The number of hydrogen-bond donors (Lipinski definition) is 0. The molecular weight excluding hydrogens is 670 g/mol. The molecule has 0 unspecified atom stereocenters. The first kappa shape index (κ1) is 32.7. The van der Waals surface area contributed by atoms with Crippen LogP contribution >= 0.6 is 27.3 Å². The summed E-state index contributed by atoms with van der Waals surface area (Å²) < 4.78 is 25.8. The van der Waals surface area contributed by atoms with Crippen LogP contribution in [0.15, 0.2) is 86.2 Å². The Morgan fingerprint density at radius 2 is 1.89 bits per heavy atom. The average Bonchev–Trinajstić information content (AvgIpc) is 3.33. The molecular formula is C35H32BrN3O6S. The molecule has 1 aliphatic rings. The van der Waals surface area contributed by atoms with Gasteiger partial charge in [-0.3, -0.25) is 9.36 Å². The van der Waals surface area contributed by atoms with Crippen molar-refractivity contribution in [1.82, 2.24) is 4.57 Å². The lowest BCUT2D eigenvalue weighted by Gasteiger charge is -2.25. The van der Waals surface area contributed by atoms with E-state index in [1.54, 1.807) is 57.4 Å². The summed E-state index contributed by atoms with van der Waals surface area (Å²) in [5.41, 5.74) is 2.97. The Labute approximate surface area is 278 Å². The molecule has 0 saturated carbocycles. The maximum atomic E-state index is 14.2. The largest absolute Gasteiger partial charge is 0.493 e. The van der Waals surface area contributed by atoms with E-state index in [-0.39, 0.29) is 30.5 Å². The number of rotatable bonds is 10. The molecule has 46 heavy (non-hydrogen) atoms. The fourth-order valence-electron chi connectivity index (χ4n) is 5.13. The molecule has 3 aromatic carbocycles. The third kappa shape index (κ3) is 6.78. The van der Waals surface area contributed by atoms with Crippen LogP contribution in [0.25, 0.3) is 6.08 Å². The first-order chi connectivity index (χ1) is 22.1. The molecule has 4 aromatic rings. The van der Waals surface area contributed by atoms with Gasteiger partial charge in [0.25, 0.3) is 5.56 Å². The maximum Gasteiger partial charge on any atom is 0.338 e. The van der Waals surface area contributed by atoms with E-state index in [2.05, 4.69) is 27.0 Å². The molecule has 2 heterocycles. The lowest BCUT2D eigenvalue weighted by molar-refractivity contribution is -0.139. The lowest BCUT2D eigenvalue weighted by Crippen LogP contribution is -2.40. The summed E-state index contributed by atoms with van der Waals surface area (Å²) in [4.78, 5) is 32.7. The molecule has 0 spiro atoms. The number of fused-ring (bicyclic) bond motifs is 1. The molecule has 0 amide bonds. The van der Waals surface area contributed by atoms with E-state index in [1.807, 2.05) is 44.2 Å². The first-order valence-electron chi connectivity index (χ1n) is 14.6. The number of nitriles is 1. The highest BCUT2D eigenvalue weighted by Crippen LogP contribution is 2.36. The summed E-state index contributed by atoms with van der Waals surface area (Å²) in [7, 11) is 1.54. The van der Waals surface area contributed by atoms with Gasteiger partial charge in [0, 0.05) is 15.6 Å². The number of benzene rings is 3. The fraction of sp³-hybridized carbons (Fsp3) is 0.257. The smallest absolute Gasteiger partial charge is 0.338 e. The number of ether oxygens (including phenoxy) is 4. The van der Waals surface area contributed by atoms with E-state index < -0.39 is 12.0 Å². The minimum atomic E-state index is -0.819. The van der Waals surface area contributed by atoms with Crippen molar-refractivity contribution in [3.05, 3.63) is 118 Å². The van der Waals surface area contributed by atoms with Gasteiger partial charge in [-0.15, -0.1) is 0 Å². The Hall–Kier alpha value is -4.66. The third-order valence-electron chi connectivity index (χ3n) is 7.16. The van der Waals surface area contributed by atoms with E-state index in [4.69, 9.17) is 18.9 Å². The summed E-state index contributed by atoms with van der Waals surface area (Å²) in [5.74, 6) is 1.00. The quantitative estimate of drug-likeness (QED) is 0.192. The number of nitrogens with zero attached hydrogens (tertiary/aromatic N) is 3. The first-order valence-corrected chi connectivity index (χ1v) is 16.2. The molecule has 1 aromatic heterocycles. The molecule has 0 radical (unpaired) electrons. The summed E-state index contributed by atoms with van der Waals surface area (Å²) in [5, 5.41) is 9.49. The van der Waals surface area contributed by atoms with Gasteiger partial charge in [0.15, 0.2) is 16.3 Å². The van der Waals surface area contributed by atoms with Crippen LogP contribution in [-0.2, 0) is 16.1 Å². The summed E-state index contributed by atoms with van der Waals surface area (Å²) >= 11 is 4.74. The maximum absolute atomic E-state index is 14.2. The Bertz CT molecular complexity index is 2060. The molecule has 0 saturated heterocycles. The Kier molecular flexibility index (Phi) is 10.1. The van der Waals surface area contributed by atoms with Crippen LogP contribution in [0.1, 0.15) is 56.0 Å². The summed E-state index contributed by atoms with van der Waals surface area (Å²) in [6.45, 7) is 7.65. The van der Waals surface area contributed by atoms with Gasteiger partial charge >= 0.3 is 5.97 Å². The Balaban J connectivity index is 1.64. The zero-order valence-electron chi connectivity index (χ0n) is 26.0. The van der Waals surface area contributed by atoms with Crippen LogP contribution in [0.4, 0.5) is 0 Å². The molecule has 0 N–H and O–H groups in total. The van der Waals surface area contributed by atoms with Crippen molar-refractivity contribution in [2.45, 2.75) is 46.4 Å². The average molecular weight is 703 g/mol. The normalized spacial score (nSPS) is 14.4. The van der Waals surface area contributed by atoms with Gasteiger partial charge in [-0.1, -0.05) is 51.5 Å². The van der Waals surface area contributed by atoms with E-state index in [0.717, 1.165) is 10.0 Å². The number of halogens is 1. The van der Waals surface area contributed by atoms with Crippen molar-refractivity contribution in [1.29, 1.82) is 5.26 Å². The van der Waals surface area contributed by atoms with Crippen LogP contribution in [-0.4, -0.2) is 30.4 Å². The molecule has 1 atom stereocenters. The van der Waals surface area contributed by atoms with Crippen molar-refractivity contribution in [3.8, 4) is 23.3 Å². The standard InChI is InChI=1S/C35H32BrN3O6S/c1-6-43-34(41)31-21(4)38-35-39(32(31)22-11-13-28(45-20(2)3)29(16-22)42-5)33(40)30(46-35)17-25-15-26(36)12-14-27(25)44-19-24-10-8-7-9-23(24)18-37/h7-17,20,32H,6,19H2,1-5H3/b30-17+/t32-/m0/s1. The monoisotopic (exact) mass is 701 g/mol. The second kappa shape index (κ2) is 14.2. The highest BCUT2D eigenvalue weighted by molar-refractivity contribution is 9.10. The Morgan fingerprint density at radius 1 is 1.13 bits per heavy atom. The van der Waals surface area contributed by atoms with Crippen molar-refractivity contribution in [2.24, 2.45) is 4.99 Å². The van der Waals surface area contributed by atoms with Crippen molar-refractivity contribution >= 4 is 39.3 Å². The van der Waals surface area contributed by atoms with Crippen LogP contribution in [0, 0.1) is 11.3 Å². The van der Waals surface area contributed by atoms with Crippen LogP contribution in [0.3, 0.4) is 0 Å². The van der Waals surface area contributed by atoms with Gasteiger partial charge in [-0.2, -0.15) is 5.26 Å². The van der Waals surface area contributed by atoms with Gasteiger partial charge in [0.05, 0.1) is 53.3 Å². The highest BCUT2D eigenvalue weighted by Gasteiger charge is 2.34. The number of hydrogen-bond acceptors (Lipinski definition) is 9. The van der Waals surface area contributed by atoms with Gasteiger partial charge in [-0.25, -0.2) is 9.79 Å². The lowest BCUT2D eigenvalue weighted by atomic mass is 9.95. The minimum Gasteiger partial charge on any atom is -0.493 e. The van der Waals surface area contributed by atoms with E-state index in [1.165, 1.54) is 15.9 Å². The van der Waals surface area contributed by atoms with Crippen molar-refractivity contribution in [2.75, 3.05) is 13.7 Å². The molecule has 0 fully saturated rings. The van der Waals surface area contributed by atoms with Gasteiger partial charge in [0.2, 0.25) is 0 Å². The molecule has 9 nitrogen and oxygen atoms in total. The number of esters is 1. The van der Waals surface area contributed by atoms with Crippen LogP contribution in [0.5, 0.6) is 17.2 Å². The highest BCUT2D eigenvalue weighted by atomic mass is 79.9. The van der Waals surface area contributed by atoms with E-state index >= 15 is 0 Å². The second-order valence-corrected chi connectivity index (χ2v) is 12.5. The zero-order valence-corrected chi connectivity index (χ0v) is 28.4. The number of allylic oxidation sites excluding steroid dienone is 1. The number of carbonyl (C=O) groups excluding carboxylic acids is 1. The van der Waals surface area contributed by atoms with E-state index in [9.17, 15) is 14.9 Å². The Morgan fingerprint density at radius 3 is 2.61 bits per heavy atom. The van der Waals surface area contributed by atoms with E-state index in [0.29, 0.717) is 49.0 Å². The van der Waals surface area contributed by atoms with Gasteiger partial charge in [0.1, 0.15) is 12.4 Å². The van der Waals surface area contributed by atoms with Crippen LogP contribution in [0.2, 0.25) is 0 Å². The third-order valence-corrected chi connectivity index (χ3v) is 8.64. The molecule has 5 rings (SSSR count). The fourth-order valence-corrected chi connectivity index (χ4v) is 6.54. The van der Waals surface area contributed by atoms with Crippen molar-refractivity contribution in [3.63, 3.8) is 0 Å². The number of thiazole rings is 1. The number of carbonyl (C=O) groups is 1. The second-order valence-electron chi connectivity index (χ2n) is 10.6. The number of methoxy groups -OCH3 is 1. The van der Waals surface area contributed by atoms with Gasteiger partial charge in [-0.05, 0) is 75.7 Å². The van der Waals surface area contributed by atoms with Crippen LogP contribution < -0.4 is 29.1 Å². The predicted molar refractivity (Wildman–Crippen MR) is 179 cm³/mol. The molecule has 0 bridgehead atoms. The SMILES string of the molecule is CCOC(=O)C1=C(C)N=c2s/c(=C/c3cc(Br)ccc3OCc3ccccc3C#N)c(=O)n2[C@H]1c1ccc(OC(C)C)c(OC)c1. The summed E-state index contributed by atoms with van der Waals surface area (Å²) in [6.07, 6.45) is 1.67. The van der Waals surface area contributed by atoms with Crippen molar-refractivity contribution < 1.29 is 23.7 Å². The minimum absolute atomic E-state index is 0.0809.